The highest BCUT2D eigenvalue weighted by Crippen LogP contribution is 2.41. The van der Waals surface area contributed by atoms with E-state index in [9.17, 15) is 0 Å². The SMILES string of the molecule is CC(C)=C(B1OC(C)(C)C(C)(C)O1)c1ccco1. The van der Waals surface area contributed by atoms with Crippen LogP contribution < -0.4 is 0 Å². The van der Waals surface area contributed by atoms with Gasteiger partial charge in [0, 0.05) is 5.47 Å². The van der Waals surface area contributed by atoms with Crippen LogP contribution in [-0.2, 0) is 9.31 Å². The molecule has 3 nitrogen and oxygen atoms in total. The molecule has 0 saturated carbocycles. The van der Waals surface area contributed by atoms with E-state index in [-0.39, 0.29) is 18.3 Å². The molecule has 18 heavy (non-hydrogen) atoms. The highest BCUT2D eigenvalue weighted by atomic mass is 16.7. The van der Waals surface area contributed by atoms with E-state index >= 15 is 0 Å². The minimum Gasteiger partial charge on any atom is -0.465 e. The van der Waals surface area contributed by atoms with Crippen molar-refractivity contribution >= 4 is 12.6 Å². The highest BCUT2D eigenvalue weighted by Gasteiger charge is 2.53. The molecule has 1 saturated heterocycles. The maximum atomic E-state index is 6.07. The summed E-state index contributed by atoms with van der Waals surface area (Å²) < 4.78 is 17.6. The molecule has 0 aliphatic carbocycles. The molecule has 0 atom stereocenters. The Balaban J connectivity index is 2.36. The predicted molar refractivity (Wildman–Crippen MR) is 73.1 cm³/mol. The van der Waals surface area contributed by atoms with Crippen LogP contribution in [0.15, 0.2) is 28.4 Å². The van der Waals surface area contributed by atoms with Gasteiger partial charge in [0.25, 0.3) is 0 Å². The summed E-state index contributed by atoms with van der Waals surface area (Å²) in [5, 5.41) is 0. The van der Waals surface area contributed by atoms with Crippen molar-refractivity contribution in [3.63, 3.8) is 0 Å². The number of allylic oxidation sites excluding steroid dienone is 1. The third-order valence-corrected chi connectivity index (χ3v) is 3.81. The lowest BCUT2D eigenvalue weighted by Gasteiger charge is -2.32. The van der Waals surface area contributed by atoms with Crippen molar-refractivity contribution in [2.24, 2.45) is 0 Å². The Labute approximate surface area is 109 Å². The van der Waals surface area contributed by atoms with E-state index in [4.69, 9.17) is 13.7 Å². The standard InChI is InChI=1S/C14H21BO3/c1-10(2)12(11-8-7-9-16-11)15-17-13(3,4)14(5,6)18-15/h7-9H,1-6H3. The summed E-state index contributed by atoms with van der Waals surface area (Å²) in [5.74, 6) is 0.813. The number of rotatable bonds is 2. The molecule has 0 amide bonds. The van der Waals surface area contributed by atoms with E-state index in [1.165, 1.54) is 0 Å². The van der Waals surface area contributed by atoms with Crippen molar-refractivity contribution in [2.75, 3.05) is 0 Å². The van der Waals surface area contributed by atoms with Crippen molar-refractivity contribution in [2.45, 2.75) is 52.7 Å². The molecule has 2 heterocycles. The van der Waals surface area contributed by atoms with Gasteiger partial charge in [-0.05, 0) is 53.7 Å². The van der Waals surface area contributed by atoms with Crippen LogP contribution in [0.25, 0.3) is 5.47 Å². The van der Waals surface area contributed by atoms with Gasteiger partial charge < -0.3 is 13.7 Å². The fraction of sp³-hybridized carbons (Fsp3) is 0.571. The lowest BCUT2D eigenvalue weighted by atomic mass is 9.74. The van der Waals surface area contributed by atoms with Crippen LogP contribution in [0.5, 0.6) is 0 Å². The first kappa shape index (κ1) is 13.4. The Bertz CT molecular complexity index is 437. The summed E-state index contributed by atoms with van der Waals surface area (Å²) in [6.07, 6.45) is 1.67. The van der Waals surface area contributed by atoms with Gasteiger partial charge in [0.05, 0.1) is 17.5 Å². The molecular weight excluding hydrogens is 227 g/mol. The van der Waals surface area contributed by atoms with Crippen LogP contribution in [0.4, 0.5) is 0 Å². The second kappa shape index (κ2) is 4.28. The summed E-state index contributed by atoms with van der Waals surface area (Å²) in [6.45, 7) is 12.3. The topological polar surface area (TPSA) is 31.6 Å². The maximum Gasteiger partial charge on any atom is 0.498 e. The van der Waals surface area contributed by atoms with Crippen molar-refractivity contribution in [1.29, 1.82) is 0 Å². The molecule has 1 aliphatic rings. The third kappa shape index (κ3) is 2.15. The normalized spacial score (nSPS) is 21.1. The summed E-state index contributed by atoms with van der Waals surface area (Å²) in [4.78, 5) is 0. The third-order valence-electron chi connectivity index (χ3n) is 3.81. The molecule has 4 heteroatoms. The van der Waals surface area contributed by atoms with Gasteiger partial charge in [0.2, 0.25) is 0 Å². The van der Waals surface area contributed by atoms with Gasteiger partial charge in [0.15, 0.2) is 0 Å². The van der Waals surface area contributed by atoms with E-state index in [0.29, 0.717) is 0 Å². The lowest BCUT2D eigenvalue weighted by Crippen LogP contribution is -2.41. The van der Waals surface area contributed by atoms with Gasteiger partial charge in [-0.1, -0.05) is 5.57 Å². The summed E-state index contributed by atoms with van der Waals surface area (Å²) in [6, 6.07) is 3.82. The lowest BCUT2D eigenvalue weighted by molar-refractivity contribution is 0.00578. The number of furan rings is 1. The fourth-order valence-corrected chi connectivity index (χ4v) is 1.99. The molecule has 1 aromatic heterocycles. The zero-order valence-electron chi connectivity index (χ0n) is 12.0. The largest absolute Gasteiger partial charge is 0.498 e. The molecule has 1 aromatic rings. The van der Waals surface area contributed by atoms with Gasteiger partial charge in [-0.25, -0.2) is 0 Å². The molecule has 0 unspecified atom stereocenters. The molecule has 1 fully saturated rings. The summed E-state index contributed by atoms with van der Waals surface area (Å²) in [7, 11) is -0.369. The van der Waals surface area contributed by atoms with Crippen molar-refractivity contribution in [1.82, 2.24) is 0 Å². The molecule has 0 bridgehead atoms. The van der Waals surface area contributed by atoms with Crippen LogP contribution in [0.3, 0.4) is 0 Å². The summed E-state index contributed by atoms with van der Waals surface area (Å²) in [5.41, 5.74) is 1.47. The van der Waals surface area contributed by atoms with Crippen LogP contribution in [0.1, 0.15) is 47.3 Å². The van der Waals surface area contributed by atoms with Crippen molar-refractivity contribution in [3.8, 4) is 0 Å². The average Bonchev–Trinajstić information content (AvgIpc) is 2.74. The molecule has 0 aromatic carbocycles. The van der Waals surface area contributed by atoms with Crippen molar-refractivity contribution in [3.05, 3.63) is 29.7 Å². The quantitative estimate of drug-likeness (QED) is 0.748. The molecular formula is C14H21BO3. The van der Waals surface area contributed by atoms with Crippen LogP contribution in [0.2, 0.25) is 0 Å². The highest BCUT2D eigenvalue weighted by molar-refractivity contribution is 6.69. The molecule has 0 spiro atoms. The number of hydrogen-bond acceptors (Lipinski definition) is 3. The van der Waals surface area contributed by atoms with E-state index < -0.39 is 0 Å². The molecule has 0 radical (unpaired) electrons. The first-order valence-electron chi connectivity index (χ1n) is 6.31. The van der Waals surface area contributed by atoms with Crippen molar-refractivity contribution < 1.29 is 13.7 Å². The van der Waals surface area contributed by atoms with Gasteiger partial charge >= 0.3 is 7.12 Å². The molecule has 2 rings (SSSR count). The minimum atomic E-state index is -0.369. The van der Waals surface area contributed by atoms with Gasteiger partial charge in [0.1, 0.15) is 5.76 Å². The van der Waals surface area contributed by atoms with Gasteiger partial charge in [-0.2, -0.15) is 0 Å². The molecule has 1 aliphatic heterocycles. The zero-order chi connectivity index (χ0) is 13.6. The number of hydrogen-bond donors (Lipinski definition) is 0. The Morgan fingerprint density at radius 3 is 2.00 bits per heavy atom. The Hall–Kier alpha value is -0.995. The zero-order valence-corrected chi connectivity index (χ0v) is 12.0. The van der Waals surface area contributed by atoms with Crippen LogP contribution in [0, 0.1) is 0 Å². The van der Waals surface area contributed by atoms with E-state index in [1.807, 2.05) is 26.0 Å². The van der Waals surface area contributed by atoms with Crippen LogP contribution >= 0.6 is 0 Å². The average molecular weight is 248 g/mol. The smallest absolute Gasteiger partial charge is 0.465 e. The maximum absolute atomic E-state index is 6.07. The Kier molecular flexibility index (Phi) is 3.20. The minimum absolute atomic E-state index is 0.328. The van der Waals surface area contributed by atoms with Crippen LogP contribution in [-0.4, -0.2) is 18.3 Å². The Morgan fingerprint density at radius 1 is 1.06 bits per heavy atom. The Morgan fingerprint density at radius 2 is 1.61 bits per heavy atom. The molecule has 0 N–H and O–H groups in total. The van der Waals surface area contributed by atoms with E-state index in [1.54, 1.807) is 6.26 Å². The van der Waals surface area contributed by atoms with E-state index in [0.717, 1.165) is 16.8 Å². The first-order valence-corrected chi connectivity index (χ1v) is 6.31. The molecule has 98 valence electrons. The summed E-state index contributed by atoms with van der Waals surface area (Å²) >= 11 is 0. The predicted octanol–water partition coefficient (Wildman–Crippen LogP) is 3.70. The first-order chi connectivity index (χ1) is 8.24. The van der Waals surface area contributed by atoms with E-state index in [2.05, 4.69) is 27.7 Å². The van der Waals surface area contributed by atoms with Gasteiger partial charge in [-0.15, -0.1) is 0 Å². The fourth-order valence-electron chi connectivity index (χ4n) is 1.99. The second-order valence-corrected chi connectivity index (χ2v) is 5.98. The second-order valence-electron chi connectivity index (χ2n) is 5.98. The monoisotopic (exact) mass is 248 g/mol. The van der Waals surface area contributed by atoms with Gasteiger partial charge in [-0.3, -0.25) is 0 Å².